The number of thiophene rings is 1. The lowest BCUT2D eigenvalue weighted by Crippen LogP contribution is -2.14. The zero-order chi connectivity index (χ0) is 19.4. The van der Waals surface area contributed by atoms with Crippen LogP contribution in [0, 0.1) is 27.7 Å². The van der Waals surface area contributed by atoms with E-state index in [-0.39, 0.29) is 0 Å². The Bertz CT molecular complexity index is 1020. The Kier molecular flexibility index (Phi) is 6.42. The van der Waals surface area contributed by atoms with Crippen LogP contribution in [0.15, 0.2) is 39.1 Å². The molecule has 0 amide bonds. The van der Waals surface area contributed by atoms with Crippen molar-refractivity contribution in [1.82, 2.24) is 4.68 Å². The summed E-state index contributed by atoms with van der Waals surface area (Å²) in [6.45, 7) is 9.78. The number of ether oxygens (including phenoxy) is 1. The second-order valence-electron chi connectivity index (χ2n) is 6.55. The van der Waals surface area contributed by atoms with Crippen LogP contribution in [0.25, 0.3) is 11.3 Å². The van der Waals surface area contributed by atoms with Gasteiger partial charge < -0.3 is 4.74 Å². The Morgan fingerprint density at radius 1 is 1.04 bits per heavy atom. The third-order valence-electron chi connectivity index (χ3n) is 4.54. The van der Waals surface area contributed by atoms with Crippen LogP contribution in [0.2, 0.25) is 0 Å². The Hall–Kier alpha value is -2.02. The number of hydrogen-bond acceptors (Lipinski definition) is 5. The molecule has 3 aromatic rings. The van der Waals surface area contributed by atoms with Crippen LogP contribution >= 0.6 is 22.7 Å². The molecule has 6 heteroatoms. The average molecular weight is 400 g/mol. The van der Waals surface area contributed by atoms with Gasteiger partial charge in [0.1, 0.15) is 0 Å². The fraction of sp³-hybridized carbons (Fsp3) is 0.333. The number of aryl methyl sites for hydroxylation is 4. The number of rotatable bonds is 6. The van der Waals surface area contributed by atoms with E-state index in [9.17, 15) is 0 Å². The van der Waals surface area contributed by atoms with Gasteiger partial charge in [-0.15, -0.1) is 22.7 Å². The van der Waals surface area contributed by atoms with E-state index in [1.165, 1.54) is 32.7 Å². The molecule has 1 aromatic carbocycles. The number of nitrogens with zero attached hydrogens (tertiary/aromatic N) is 3. The van der Waals surface area contributed by atoms with Gasteiger partial charge in [0, 0.05) is 18.1 Å². The predicted molar refractivity (Wildman–Crippen MR) is 116 cm³/mol. The van der Waals surface area contributed by atoms with Gasteiger partial charge in [-0.2, -0.15) is 5.10 Å². The second-order valence-corrected chi connectivity index (χ2v) is 8.34. The first-order chi connectivity index (χ1) is 13.0. The highest BCUT2D eigenvalue weighted by Crippen LogP contribution is 2.27. The molecule has 0 bridgehead atoms. The van der Waals surface area contributed by atoms with Crippen molar-refractivity contribution in [2.24, 2.45) is 10.1 Å². The first kappa shape index (κ1) is 19.7. The van der Waals surface area contributed by atoms with Crippen LogP contribution in [-0.2, 0) is 4.74 Å². The molecule has 27 heavy (non-hydrogen) atoms. The van der Waals surface area contributed by atoms with Crippen LogP contribution in [0.4, 0.5) is 0 Å². The molecule has 0 atom stereocenters. The molecule has 0 aliphatic heterocycles. The molecular formula is C21H25N3OS2. The summed E-state index contributed by atoms with van der Waals surface area (Å²) in [6.07, 6.45) is 1.93. The minimum Gasteiger partial charge on any atom is -0.383 e. The maximum absolute atomic E-state index is 5.14. The highest BCUT2D eigenvalue weighted by molar-refractivity contribution is 7.11. The van der Waals surface area contributed by atoms with Crippen LogP contribution in [-0.4, -0.2) is 31.2 Å². The van der Waals surface area contributed by atoms with Crippen molar-refractivity contribution >= 4 is 28.9 Å². The van der Waals surface area contributed by atoms with Crippen molar-refractivity contribution in [1.29, 1.82) is 0 Å². The summed E-state index contributed by atoms with van der Waals surface area (Å²) < 4.78 is 7.10. The summed E-state index contributed by atoms with van der Waals surface area (Å²) in [5, 5.41) is 9.03. The molecule has 0 aliphatic rings. The first-order valence-corrected chi connectivity index (χ1v) is 10.6. The standard InChI is InChI=1S/C21H25N3OS2/c1-14-6-9-26-20(14)12-23-24-19(13-27-21(24)22-7-8-25-5)18-11-16(3)15(2)10-17(18)4/h6,9-13H,7-8H2,1-5H3/b22-21?,23-12-. The van der Waals surface area contributed by atoms with Crippen molar-refractivity contribution in [3.8, 4) is 11.3 Å². The van der Waals surface area contributed by atoms with Gasteiger partial charge in [-0.05, 0) is 67.5 Å². The van der Waals surface area contributed by atoms with Crippen molar-refractivity contribution in [2.45, 2.75) is 27.7 Å². The van der Waals surface area contributed by atoms with Gasteiger partial charge in [0.2, 0.25) is 4.80 Å². The zero-order valence-electron chi connectivity index (χ0n) is 16.4. The van der Waals surface area contributed by atoms with Crippen LogP contribution < -0.4 is 4.80 Å². The van der Waals surface area contributed by atoms with E-state index < -0.39 is 0 Å². The van der Waals surface area contributed by atoms with E-state index in [1.807, 2.05) is 10.9 Å². The number of aromatic nitrogens is 1. The SMILES string of the molecule is COCCN=c1scc(-c2cc(C)c(C)cc2C)n1/N=C\c1sccc1C. The van der Waals surface area contributed by atoms with E-state index in [0.29, 0.717) is 13.2 Å². The molecule has 4 nitrogen and oxygen atoms in total. The largest absolute Gasteiger partial charge is 0.383 e. The molecule has 2 aromatic heterocycles. The lowest BCUT2D eigenvalue weighted by Gasteiger charge is -2.10. The summed E-state index contributed by atoms with van der Waals surface area (Å²) in [7, 11) is 1.69. The highest BCUT2D eigenvalue weighted by atomic mass is 32.1. The molecule has 0 unspecified atom stereocenters. The molecule has 142 valence electrons. The van der Waals surface area contributed by atoms with Gasteiger partial charge in [-0.25, -0.2) is 4.68 Å². The van der Waals surface area contributed by atoms with Crippen molar-refractivity contribution in [3.05, 3.63) is 60.9 Å². The van der Waals surface area contributed by atoms with E-state index >= 15 is 0 Å². The maximum atomic E-state index is 5.14. The van der Waals surface area contributed by atoms with Crippen molar-refractivity contribution in [3.63, 3.8) is 0 Å². The fourth-order valence-electron chi connectivity index (χ4n) is 2.80. The highest BCUT2D eigenvalue weighted by Gasteiger charge is 2.11. The molecular weight excluding hydrogens is 374 g/mol. The van der Waals surface area contributed by atoms with Gasteiger partial charge in [0.05, 0.1) is 29.9 Å². The van der Waals surface area contributed by atoms with Crippen molar-refractivity contribution < 1.29 is 4.74 Å². The zero-order valence-corrected chi connectivity index (χ0v) is 18.1. The molecule has 0 radical (unpaired) electrons. The third-order valence-corrected chi connectivity index (χ3v) is 6.34. The average Bonchev–Trinajstić information content (AvgIpc) is 3.22. The molecule has 2 heterocycles. The lowest BCUT2D eigenvalue weighted by molar-refractivity contribution is 0.207. The van der Waals surface area contributed by atoms with Crippen LogP contribution in [0.1, 0.15) is 27.1 Å². The summed E-state index contributed by atoms with van der Waals surface area (Å²) in [4.78, 5) is 6.73. The third kappa shape index (κ3) is 4.46. The summed E-state index contributed by atoms with van der Waals surface area (Å²) in [5.74, 6) is 0. The second kappa shape index (κ2) is 8.78. The van der Waals surface area contributed by atoms with E-state index in [1.54, 1.807) is 29.8 Å². The number of thiazole rings is 1. The monoisotopic (exact) mass is 399 g/mol. The molecule has 0 spiro atoms. The van der Waals surface area contributed by atoms with E-state index in [4.69, 9.17) is 9.84 Å². The quantitative estimate of drug-likeness (QED) is 0.427. The lowest BCUT2D eigenvalue weighted by atomic mass is 9.99. The Balaban J connectivity index is 2.12. The molecule has 0 saturated heterocycles. The molecule has 0 aliphatic carbocycles. The molecule has 0 N–H and O–H groups in total. The molecule has 0 saturated carbocycles. The normalized spacial score (nSPS) is 12.4. The van der Waals surface area contributed by atoms with Gasteiger partial charge in [0.25, 0.3) is 0 Å². The number of benzene rings is 1. The smallest absolute Gasteiger partial charge is 0.206 e. The minimum atomic E-state index is 0.601. The van der Waals surface area contributed by atoms with Crippen LogP contribution in [0.3, 0.4) is 0 Å². The first-order valence-electron chi connectivity index (χ1n) is 8.88. The summed E-state index contributed by atoms with van der Waals surface area (Å²) in [6, 6.07) is 6.60. The summed E-state index contributed by atoms with van der Waals surface area (Å²) >= 11 is 3.31. The topological polar surface area (TPSA) is 38.9 Å². The number of methoxy groups -OCH3 is 1. The minimum absolute atomic E-state index is 0.601. The number of hydrogen-bond donors (Lipinski definition) is 0. The Morgan fingerprint density at radius 2 is 1.81 bits per heavy atom. The predicted octanol–water partition coefficient (Wildman–Crippen LogP) is 4.94. The van der Waals surface area contributed by atoms with Crippen LogP contribution in [0.5, 0.6) is 0 Å². The maximum Gasteiger partial charge on any atom is 0.206 e. The van der Waals surface area contributed by atoms with Gasteiger partial charge >= 0.3 is 0 Å². The van der Waals surface area contributed by atoms with Crippen molar-refractivity contribution in [2.75, 3.05) is 20.3 Å². The Labute approximate surface area is 168 Å². The van der Waals surface area contributed by atoms with Gasteiger partial charge in [0.15, 0.2) is 0 Å². The fourth-order valence-corrected chi connectivity index (χ4v) is 4.44. The Morgan fingerprint density at radius 3 is 2.52 bits per heavy atom. The molecule has 0 fully saturated rings. The summed E-state index contributed by atoms with van der Waals surface area (Å²) in [5.41, 5.74) is 7.34. The van der Waals surface area contributed by atoms with Gasteiger partial charge in [-0.3, -0.25) is 4.99 Å². The van der Waals surface area contributed by atoms with E-state index in [2.05, 4.69) is 61.6 Å². The van der Waals surface area contributed by atoms with Gasteiger partial charge in [-0.1, -0.05) is 6.07 Å². The van der Waals surface area contributed by atoms with E-state index in [0.717, 1.165) is 10.5 Å². The molecule has 3 rings (SSSR count).